The Morgan fingerprint density at radius 1 is 1.29 bits per heavy atom. The minimum absolute atomic E-state index is 0.507. The summed E-state index contributed by atoms with van der Waals surface area (Å²) in [6, 6.07) is 7.84. The van der Waals surface area contributed by atoms with Crippen molar-refractivity contribution in [3.05, 3.63) is 36.2 Å². The molecule has 0 fully saturated rings. The van der Waals surface area contributed by atoms with Crippen molar-refractivity contribution < 1.29 is 0 Å². The topological polar surface area (TPSA) is 56.7 Å². The van der Waals surface area contributed by atoms with E-state index in [1.807, 2.05) is 28.9 Å². The number of hydrogen-bond acceptors (Lipinski definition) is 3. The van der Waals surface area contributed by atoms with Crippen LogP contribution in [0.2, 0.25) is 0 Å². The zero-order chi connectivity index (χ0) is 12.3. The second-order valence-corrected chi connectivity index (χ2v) is 4.52. The maximum atomic E-state index is 5.74. The van der Waals surface area contributed by atoms with E-state index in [-0.39, 0.29) is 0 Å². The Kier molecular flexibility index (Phi) is 3.54. The lowest BCUT2D eigenvalue weighted by atomic mass is 10.2. The number of nitrogens with two attached hydrogens (primary N) is 1. The van der Waals surface area contributed by atoms with Gasteiger partial charge in [-0.3, -0.25) is 9.67 Å². The van der Waals surface area contributed by atoms with E-state index in [2.05, 4.69) is 23.9 Å². The third-order valence-corrected chi connectivity index (χ3v) is 2.54. The molecule has 0 aliphatic carbocycles. The van der Waals surface area contributed by atoms with Crippen LogP contribution in [0.1, 0.15) is 19.5 Å². The molecule has 0 radical (unpaired) electrons. The highest BCUT2D eigenvalue weighted by Gasteiger charge is 2.09. The molecule has 2 aromatic heterocycles. The number of rotatable bonds is 4. The summed E-state index contributed by atoms with van der Waals surface area (Å²) < 4.78 is 1.98. The number of nitrogens with zero attached hydrogens (tertiary/aromatic N) is 3. The first-order chi connectivity index (χ1) is 8.20. The molecule has 2 heterocycles. The van der Waals surface area contributed by atoms with Crippen LogP contribution in [-0.4, -0.2) is 14.8 Å². The van der Waals surface area contributed by atoms with Gasteiger partial charge in [-0.1, -0.05) is 19.9 Å². The molecule has 2 rings (SSSR count). The van der Waals surface area contributed by atoms with Crippen LogP contribution in [0.3, 0.4) is 0 Å². The molecule has 0 aliphatic heterocycles. The highest BCUT2D eigenvalue weighted by atomic mass is 15.3. The fourth-order valence-electron chi connectivity index (χ4n) is 1.76. The van der Waals surface area contributed by atoms with Crippen molar-refractivity contribution in [1.29, 1.82) is 0 Å². The Hall–Kier alpha value is -1.68. The molecule has 17 heavy (non-hydrogen) atoms. The first kappa shape index (κ1) is 11.8. The summed E-state index contributed by atoms with van der Waals surface area (Å²) in [6.07, 6.45) is 1.78. The van der Waals surface area contributed by atoms with E-state index in [9.17, 15) is 0 Å². The quantitative estimate of drug-likeness (QED) is 0.874. The largest absolute Gasteiger partial charge is 0.325 e. The molecular weight excluding hydrogens is 212 g/mol. The van der Waals surface area contributed by atoms with Gasteiger partial charge in [-0.15, -0.1) is 0 Å². The van der Waals surface area contributed by atoms with Gasteiger partial charge in [0.05, 0.1) is 11.4 Å². The van der Waals surface area contributed by atoms with E-state index in [1.165, 1.54) is 0 Å². The lowest BCUT2D eigenvalue weighted by molar-refractivity contribution is 0.470. The second-order valence-electron chi connectivity index (χ2n) is 4.52. The van der Waals surface area contributed by atoms with Crippen molar-refractivity contribution in [1.82, 2.24) is 14.8 Å². The zero-order valence-electron chi connectivity index (χ0n) is 10.3. The third kappa shape index (κ3) is 2.71. The van der Waals surface area contributed by atoms with Crippen molar-refractivity contribution in [2.24, 2.45) is 11.7 Å². The lowest BCUT2D eigenvalue weighted by Crippen LogP contribution is -2.12. The standard InChI is InChI=1S/C13H18N4/c1-10(2)9-17-11(8-14)7-13(16-17)12-5-3-4-6-15-12/h3-7,10H,8-9,14H2,1-2H3. The summed E-state index contributed by atoms with van der Waals surface area (Å²) in [5.74, 6) is 0.553. The van der Waals surface area contributed by atoms with Gasteiger partial charge in [0.1, 0.15) is 5.69 Å². The van der Waals surface area contributed by atoms with Gasteiger partial charge in [-0.2, -0.15) is 5.10 Å². The molecule has 2 aromatic rings. The van der Waals surface area contributed by atoms with Crippen molar-refractivity contribution in [2.75, 3.05) is 0 Å². The summed E-state index contributed by atoms with van der Waals surface area (Å²) in [6.45, 7) is 5.73. The highest BCUT2D eigenvalue weighted by molar-refractivity contribution is 5.53. The molecule has 0 aliphatic rings. The maximum Gasteiger partial charge on any atom is 0.111 e. The van der Waals surface area contributed by atoms with E-state index in [4.69, 9.17) is 5.73 Å². The summed E-state index contributed by atoms with van der Waals surface area (Å²) >= 11 is 0. The van der Waals surface area contributed by atoms with E-state index >= 15 is 0 Å². The van der Waals surface area contributed by atoms with Crippen LogP contribution >= 0.6 is 0 Å². The van der Waals surface area contributed by atoms with Gasteiger partial charge in [0.15, 0.2) is 0 Å². The summed E-state index contributed by atoms with van der Waals surface area (Å²) in [5.41, 5.74) is 8.58. The van der Waals surface area contributed by atoms with Gasteiger partial charge < -0.3 is 5.73 Å². The van der Waals surface area contributed by atoms with Crippen LogP contribution in [-0.2, 0) is 13.1 Å². The monoisotopic (exact) mass is 230 g/mol. The molecule has 2 N–H and O–H groups in total. The Morgan fingerprint density at radius 3 is 2.71 bits per heavy atom. The molecule has 0 saturated heterocycles. The molecule has 90 valence electrons. The molecule has 4 nitrogen and oxygen atoms in total. The highest BCUT2D eigenvalue weighted by Crippen LogP contribution is 2.17. The molecular formula is C13H18N4. The van der Waals surface area contributed by atoms with E-state index in [0.717, 1.165) is 23.6 Å². The summed E-state index contributed by atoms with van der Waals surface area (Å²) in [5, 5.41) is 4.57. The third-order valence-electron chi connectivity index (χ3n) is 2.54. The molecule has 0 spiro atoms. The fourth-order valence-corrected chi connectivity index (χ4v) is 1.76. The Labute approximate surface area is 101 Å². The molecule has 0 amide bonds. The minimum atomic E-state index is 0.507. The number of aromatic nitrogens is 3. The lowest BCUT2D eigenvalue weighted by Gasteiger charge is -2.07. The van der Waals surface area contributed by atoms with Crippen LogP contribution in [0.5, 0.6) is 0 Å². The fraction of sp³-hybridized carbons (Fsp3) is 0.385. The molecule has 0 bridgehead atoms. The average molecular weight is 230 g/mol. The van der Waals surface area contributed by atoms with E-state index < -0.39 is 0 Å². The predicted octanol–water partition coefficient (Wildman–Crippen LogP) is 2.06. The molecule has 0 unspecified atom stereocenters. The van der Waals surface area contributed by atoms with Crippen molar-refractivity contribution in [2.45, 2.75) is 26.9 Å². The van der Waals surface area contributed by atoms with Crippen LogP contribution in [0, 0.1) is 5.92 Å². The van der Waals surface area contributed by atoms with Crippen LogP contribution in [0.15, 0.2) is 30.5 Å². The summed E-state index contributed by atoms with van der Waals surface area (Å²) in [4.78, 5) is 4.30. The van der Waals surface area contributed by atoms with Gasteiger partial charge in [-0.05, 0) is 24.1 Å². The molecule has 0 atom stereocenters. The van der Waals surface area contributed by atoms with Gasteiger partial charge in [-0.25, -0.2) is 0 Å². The maximum absolute atomic E-state index is 5.74. The molecule has 4 heteroatoms. The molecule has 0 saturated carbocycles. The van der Waals surface area contributed by atoms with Crippen molar-refractivity contribution in [3.8, 4) is 11.4 Å². The Balaban J connectivity index is 2.34. The van der Waals surface area contributed by atoms with Gasteiger partial charge in [0, 0.05) is 19.3 Å². The normalized spacial score (nSPS) is 11.1. The summed E-state index contributed by atoms with van der Waals surface area (Å²) in [7, 11) is 0. The first-order valence-corrected chi connectivity index (χ1v) is 5.89. The average Bonchev–Trinajstić information content (AvgIpc) is 2.72. The minimum Gasteiger partial charge on any atom is -0.325 e. The van der Waals surface area contributed by atoms with Crippen LogP contribution in [0.25, 0.3) is 11.4 Å². The zero-order valence-corrected chi connectivity index (χ0v) is 10.3. The predicted molar refractivity (Wildman–Crippen MR) is 68.2 cm³/mol. The smallest absolute Gasteiger partial charge is 0.111 e. The first-order valence-electron chi connectivity index (χ1n) is 5.89. The van der Waals surface area contributed by atoms with E-state index in [0.29, 0.717) is 12.5 Å². The SMILES string of the molecule is CC(C)Cn1nc(-c2ccccn2)cc1CN. The van der Waals surface area contributed by atoms with Gasteiger partial charge in [0.25, 0.3) is 0 Å². The Morgan fingerprint density at radius 2 is 2.12 bits per heavy atom. The van der Waals surface area contributed by atoms with Gasteiger partial charge >= 0.3 is 0 Å². The number of hydrogen-bond donors (Lipinski definition) is 1. The van der Waals surface area contributed by atoms with Crippen molar-refractivity contribution >= 4 is 0 Å². The van der Waals surface area contributed by atoms with Gasteiger partial charge in [0.2, 0.25) is 0 Å². The van der Waals surface area contributed by atoms with Crippen LogP contribution in [0.4, 0.5) is 0 Å². The Bertz CT molecular complexity index is 473. The second kappa shape index (κ2) is 5.10. The number of pyridine rings is 1. The molecule has 0 aromatic carbocycles. The van der Waals surface area contributed by atoms with E-state index in [1.54, 1.807) is 6.20 Å². The van der Waals surface area contributed by atoms with Crippen LogP contribution < -0.4 is 5.73 Å². The van der Waals surface area contributed by atoms with Crippen molar-refractivity contribution in [3.63, 3.8) is 0 Å².